The molecule has 20 heavy (non-hydrogen) atoms. The number of ether oxygens (including phenoxy) is 1. The van der Waals surface area contributed by atoms with Crippen LogP contribution in [0.25, 0.3) is 0 Å². The van der Waals surface area contributed by atoms with Gasteiger partial charge in [-0.1, -0.05) is 19.3 Å². The number of nitrogens with one attached hydrogen (secondary N) is 2. The van der Waals surface area contributed by atoms with Gasteiger partial charge in [-0.15, -0.1) is 0 Å². The van der Waals surface area contributed by atoms with Gasteiger partial charge in [0.25, 0.3) is 0 Å². The van der Waals surface area contributed by atoms with Gasteiger partial charge in [0, 0.05) is 19.1 Å². The largest absolute Gasteiger partial charge is 0.379 e. The van der Waals surface area contributed by atoms with E-state index in [4.69, 9.17) is 4.74 Å². The molecule has 0 saturated heterocycles. The Morgan fingerprint density at radius 1 is 1.25 bits per heavy atom. The Labute approximate surface area is 123 Å². The summed E-state index contributed by atoms with van der Waals surface area (Å²) in [5.74, 6) is 0.116. The van der Waals surface area contributed by atoms with Crippen molar-refractivity contribution in [2.45, 2.75) is 51.1 Å². The Kier molecular flexibility index (Phi) is 8.82. The van der Waals surface area contributed by atoms with Gasteiger partial charge in [-0.25, -0.2) is 0 Å². The highest BCUT2D eigenvalue weighted by Crippen LogP contribution is 2.17. The van der Waals surface area contributed by atoms with Gasteiger partial charge in [0.05, 0.1) is 19.3 Å². The van der Waals surface area contributed by atoms with E-state index in [0.717, 1.165) is 26.0 Å². The van der Waals surface area contributed by atoms with Crippen LogP contribution >= 0.6 is 0 Å². The molecule has 1 fully saturated rings. The first-order valence-electron chi connectivity index (χ1n) is 7.86. The van der Waals surface area contributed by atoms with Crippen LogP contribution in [0.5, 0.6) is 0 Å². The van der Waals surface area contributed by atoms with Crippen LogP contribution < -0.4 is 10.6 Å². The summed E-state index contributed by atoms with van der Waals surface area (Å²) in [5.41, 5.74) is 0. The van der Waals surface area contributed by atoms with Crippen molar-refractivity contribution in [2.24, 2.45) is 0 Å². The molecule has 0 bridgehead atoms. The second-order valence-corrected chi connectivity index (χ2v) is 5.93. The van der Waals surface area contributed by atoms with Crippen molar-refractivity contribution < 1.29 is 9.53 Å². The molecule has 5 heteroatoms. The average Bonchev–Trinajstić information content (AvgIpc) is 2.43. The third-order valence-corrected chi connectivity index (χ3v) is 3.72. The molecule has 1 atom stereocenters. The molecule has 1 aliphatic carbocycles. The van der Waals surface area contributed by atoms with E-state index in [1.54, 1.807) is 0 Å². The zero-order valence-electron chi connectivity index (χ0n) is 13.3. The lowest BCUT2D eigenvalue weighted by atomic mass is 9.95. The quantitative estimate of drug-likeness (QED) is 0.620. The van der Waals surface area contributed by atoms with E-state index in [1.807, 2.05) is 21.0 Å². The Bertz CT molecular complexity index is 266. The number of carbonyl (C=O) groups is 1. The molecule has 1 saturated carbocycles. The summed E-state index contributed by atoms with van der Waals surface area (Å²) in [6.45, 7) is 4.94. The molecule has 1 unspecified atom stereocenters. The van der Waals surface area contributed by atoms with Crippen molar-refractivity contribution in [1.82, 2.24) is 15.5 Å². The lowest BCUT2D eigenvalue weighted by molar-refractivity contribution is -0.123. The van der Waals surface area contributed by atoms with Gasteiger partial charge in [-0.3, -0.25) is 4.79 Å². The van der Waals surface area contributed by atoms with Crippen molar-refractivity contribution >= 4 is 5.91 Å². The van der Waals surface area contributed by atoms with Crippen LogP contribution in [-0.4, -0.2) is 63.3 Å². The third-order valence-electron chi connectivity index (χ3n) is 3.72. The zero-order valence-corrected chi connectivity index (χ0v) is 13.3. The average molecular weight is 285 g/mol. The van der Waals surface area contributed by atoms with E-state index in [1.165, 1.54) is 19.3 Å². The molecule has 1 aliphatic rings. The van der Waals surface area contributed by atoms with Crippen LogP contribution in [0, 0.1) is 0 Å². The molecule has 0 heterocycles. The summed E-state index contributed by atoms with van der Waals surface area (Å²) in [4.78, 5) is 14.1. The highest BCUT2D eigenvalue weighted by atomic mass is 16.5. The fourth-order valence-corrected chi connectivity index (χ4v) is 2.36. The number of hydrogen-bond donors (Lipinski definition) is 2. The van der Waals surface area contributed by atoms with E-state index >= 15 is 0 Å². The minimum atomic E-state index is -0.144. The molecule has 0 aliphatic heterocycles. The first-order valence-corrected chi connectivity index (χ1v) is 7.86. The molecule has 0 aromatic rings. The van der Waals surface area contributed by atoms with Crippen molar-refractivity contribution in [3.8, 4) is 0 Å². The van der Waals surface area contributed by atoms with Crippen LogP contribution in [0.3, 0.4) is 0 Å². The van der Waals surface area contributed by atoms with Gasteiger partial charge in [-0.05, 0) is 33.9 Å². The maximum Gasteiger partial charge on any atom is 0.237 e. The lowest BCUT2D eigenvalue weighted by Crippen LogP contribution is -2.47. The molecule has 118 valence electrons. The molecular formula is C15H31N3O2. The maximum absolute atomic E-state index is 12.0. The fourth-order valence-electron chi connectivity index (χ4n) is 2.36. The van der Waals surface area contributed by atoms with Crippen LogP contribution in [-0.2, 0) is 9.53 Å². The van der Waals surface area contributed by atoms with Crippen LogP contribution in [0.15, 0.2) is 0 Å². The molecule has 5 nitrogen and oxygen atoms in total. The standard InChI is InChI=1S/C15H31N3O2/c1-13(16-9-11-20-12-10-18(2)3)15(19)17-14-7-5-4-6-8-14/h13-14,16H,4-12H2,1-3H3,(H,17,19). The van der Waals surface area contributed by atoms with Crippen LogP contribution in [0.2, 0.25) is 0 Å². The predicted molar refractivity (Wildman–Crippen MR) is 81.9 cm³/mol. The normalized spacial score (nSPS) is 18.2. The minimum absolute atomic E-state index is 0.116. The smallest absolute Gasteiger partial charge is 0.237 e. The zero-order chi connectivity index (χ0) is 14.8. The molecular weight excluding hydrogens is 254 g/mol. The molecule has 0 aromatic heterocycles. The Balaban J connectivity index is 2.03. The fraction of sp³-hybridized carbons (Fsp3) is 0.933. The van der Waals surface area contributed by atoms with Gasteiger partial charge in [0.15, 0.2) is 0 Å². The molecule has 2 N–H and O–H groups in total. The van der Waals surface area contributed by atoms with E-state index in [-0.39, 0.29) is 11.9 Å². The van der Waals surface area contributed by atoms with Crippen LogP contribution in [0.4, 0.5) is 0 Å². The SMILES string of the molecule is CC(NCCOCCN(C)C)C(=O)NC1CCCCC1. The summed E-state index contributed by atoms with van der Waals surface area (Å²) < 4.78 is 5.49. The second kappa shape index (κ2) is 10.1. The van der Waals surface area contributed by atoms with Crippen molar-refractivity contribution in [1.29, 1.82) is 0 Å². The van der Waals surface area contributed by atoms with E-state index in [0.29, 0.717) is 19.2 Å². The first-order chi connectivity index (χ1) is 9.59. The summed E-state index contributed by atoms with van der Waals surface area (Å²) in [6, 6.07) is 0.242. The number of hydrogen-bond acceptors (Lipinski definition) is 4. The molecule has 1 amide bonds. The Morgan fingerprint density at radius 3 is 2.60 bits per heavy atom. The highest BCUT2D eigenvalue weighted by Gasteiger charge is 2.18. The van der Waals surface area contributed by atoms with Gasteiger partial charge in [0.1, 0.15) is 0 Å². The van der Waals surface area contributed by atoms with E-state index in [2.05, 4.69) is 15.5 Å². The summed E-state index contributed by atoms with van der Waals surface area (Å²) >= 11 is 0. The van der Waals surface area contributed by atoms with Crippen LogP contribution in [0.1, 0.15) is 39.0 Å². The molecule has 1 rings (SSSR count). The molecule has 0 radical (unpaired) electrons. The summed E-state index contributed by atoms with van der Waals surface area (Å²) in [5, 5.41) is 6.35. The number of nitrogens with zero attached hydrogens (tertiary/aromatic N) is 1. The van der Waals surface area contributed by atoms with Gasteiger partial charge >= 0.3 is 0 Å². The number of amides is 1. The maximum atomic E-state index is 12.0. The lowest BCUT2D eigenvalue weighted by Gasteiger charge is -2.24. The van der Waals surface area contributed by atoms with Gasteiger partial charge in [-0.2, -0.15) is 0 Å². The summed E-state index contributed by atoms with van der Waals surface area (Å²) in [7, 11) is 4.05. The molecule has 0 aromatic carbocycles. The Morgan fingerprint density at radius 2 is 1.95 bits per heavy atom. The predicted octanol–water partition coefficient (Wildman–Crippen LogP) is 0.992. The number of rotatable bonds is 9. The van der Waals surface area contributed by atoms with Gasteiger partial charge < -0.3 is 20.3 Å². The Hall–Kier alpha value is -0.650. The minimum Gasteiger partial charge on any atom is -0.379 e. The van der Waals surface area contributed by atoms with Crippen molar-refractivity contribution in [3.63, 3.8) is 0 Å². The van der Waals surface area contributed by atoms with Crippen molar-refractivity contribution in [2.75, 3.05) is 40.4 Å². The summed E-state index contributed by atoms with van der Waals surface area (Å²) in [6.07, 6.45) is 6.06. The first kappa shape index (κ1) is 17.4. The van der Waals surface area contributed by atoms with E-state index in [9.17, 15) is 4.79 Å². The van der Waals surface area contributed by atoms with Gasteiger partial charge in [0.2, 0.25) is 5.91 Å². The second-order valence-electron chi connectivity index (χ2n) is 5.93. The number of likely N-dealkylation sites (N-methyl/N-ethyl adjacent to an activating group) is 1. The number of carbonyl (C=O) groups excluding carboxylic acids is 1. The van der Waals surface area contributed by atoms with Crippen molar-refractivity contribution in [3.05, 3.63) is 0 Å². The topological polar surface area (TPSA) is 53.6 Å². The van der Waals surface area contributed by atoms with E-state index < -0.39 is 0 Å². The highest BCUT2D eigenvalue weighted by molar-refractivity contribution is 5.81. The molecule has 0 spiro atoms. The third kappa shape index (κ3) is 7.82. The monoisotopic (exact) mass is 285 g/mol.